The minimum Gasteiger partial charge on any atom is -0.307 e. The molecule has 0 heterocycles. The summed E-state index contributed by atoms with van der Waals surface area (Å²) in [7, 11) is 0. The van der Waals surface area contributed by atoms with Crippen molar-refractivity contribution < 1.29 is 0 Å². The molecule has 1 aromatic carbocycles. The Morgan fingerprint density at radius 3 is 2.31 bits per heavy atom. The van der Waals surface area contributed by atoms with E-state index in [-0.39, 0.29) is 5.54 Å². The summed E-state index contributed by atoms with van der Waals surface area (Å²) in [6, 6.07) is 11.0. The summed E-state index contributed by atoms with van der Waals surface area (Å²) < 4.78 is 0. The van der Waals surface area contributed by atoms with Crippen molar-refractivity contribution in [1.29, 1.82) is 0 Å². The maximum Gasteiger partial charge on any atom is 0.0434 e. The summed E-state index contributed by atoms with van der Waals surface area (Å²) in [6.45, 7) is 5.68. The van der Waals surface area contributed by atoms with Crippen LogP contribution in [0.1, 0.15) is 45.1 Å². The van der Waals surface area contributed by atoms with Crippen LogP contribution < -0.4 is 5.32 Å². The van der Waals surface area contributed by atoms with E-state index in [0.717, 1.165) is 12.5 Å². The average molecular weight is 217 g/mol. The number of nitrogens with one attached hydrogen (secondary N) is 1. The Labute approximate surface area is 99.3 Å². The number of hydrogen-bond acceptors (Lipinski definition) is 1. The van der Waals surface area contributed by atoms with Crippen LogP contribution >= 0.6 is 0 Å². The Morgan fingerprint density at radius 2 is 1.75 bits per heavy atom. The maximum absolute atomic E-state index is 3.81. The molecule has 1 N–H and O–H groups in total. The van der Waals surface area contributed by atoms with Gasteiger partial charge in [0.25, 0.3) is 0 Å². The third kappa shape index (κ3) is 2.46. The summed E-state index contributed by atoms with van der Waals surface area (Å²) in [5, 5.41) is 3.81. The molecule has 0 saturated heterocycles. The summed E-state index contributed by atoms with van der Waals surface area (Å²) in [4.78, 5) is 0. The molecule has 0 radical (unpaired) electrons. The van der Waals surface area contributed by atoms with Crippen molar-refractivity contribution in [3.05, 3.63) is 35.9 Å². The van der Waals surface area contributed by atoms with Gasteiger partial charge in [0.1, 0.15) is 0 Å². The maximum atomic E-state index is 3.81. The van der Waals surface area contributed by atoms with Crippen molar-refractivity contribution in [2.45, 2.75) is 45.1 Å². The molecule has 1 saturated carbocycles. The molecule has 1 aliphatic carbocycles. The van der Waals surface area contributed by atoms with Crippen LogP contribution in [-0.4, -0.2) is 6.54 Å². The highest BCUT2D eigenvalue weighted by atomic mass is 15.0. The molecule has 0 aromatic heterocycles. The van der Waals surface area contributed by atoms with Crippen molar-refractivity contribution in [3.63, 3.8) is 0 Å². The van der Waals surface area contributed by atoms with Gasteiger partial charge in [-0.15, -0.1) is 0 Å². The molecule has 0 bridgehead atoms. The van der Waals surface area contributed by atoms with Gasteiger partial charge in [-0.3, -0.25) is 0 Å². The predicted octanol–water partition coefficient (Wildman–Crippen LogP) is 3.70. The van der Waals surface area contributed by atoms with Gasteiger partial charge >= 0.3 is 0 Å². The molecule has 2 rings (SSSR count). The lowest BCUT2D eigenvalue weighted by Crippen LogP contribution is -2.41. The third-order valence-corrected chi connectivity index (χ3v) is 3.63. The van der Waals surface area contributed by atoms with Crippen molar-refractivity contribution >= 4 is 0 Å². The molecule has 0 atom stereocenters. The fourth-order valence-corrected chi connectivity index (χ4v) is 2.70. The van der Waals surface area contributed by atoms with Gasteiger partial charge in [-0.1, -0.05) is 57.0 Å². The zero-order chi connectivity index (χ0) is 11.4. The van der Waals surface area contributed by atoms with Gasteiger partial charge < -0.3 is 5.32 Å². The molecule has 0 amide bonds. The highest BCUT2D eigenvalue weighted by Gasteiger charge is 2.34. The van der Waals surface area contributed by atoms with Crippen LogP contribution in [-0.2, 0) is 5.54 Å². The van der Waals surface area contributed by atoms with Crippen LogP contribution in [0.15, 0.2) is 30.3 Å². The van der Waals surface area contributed by atoms with E-state index in [1.165, 1.54) is 31.2 Å². The zero-order valence-corrected chi connectivity index (χ0v) is 10.5. The van der Waals surface area contributed by atoms with Gasteiger partial charge in [0.2, 0.25) is 0 Å². The van der Waals surface area contributed by atoms with E-state index in [0.29, 0.717) is 0 Å². The lowest BCUT2D eigenvalue weighted by atomic mass is 9.88. The standard InChI is InChI=1S/C15H23N/c1-13(2)12-16-15(10-6-7-11-15)14-8-4-3-5-9-14/h3-5,8-9,13,16H,6-7,10-12H2,1-2H3. The molecular weight excluding hydrogens is 194 g/mol. The Balaban J connectivity index is 2.16. The minimum atomic E-state index is 0.269. The Bertz CT molecular complexity index is 309. The van der Waals surface area contributed by atoms with Gasteiger partial charge in [0, 0.05) is 5.54 Å². The van der Waals surface area contributed by atoms with E-state index in [1.54, 1.807) is 0 Å². The molecule has 1 nitrogen and oxygen atoms in total. The molecule has 1 heteroatoms. The first-order valence-electron chi connectivity index (χ1n) is 6.53. The summed E-state index contributed by atoms with van der Waals surface area (Å²) in [6.07, 6.45) is 5.31. The SMILES string of the molecule is CC(C)CNC1(c2ccccc2)CCCC1. The lowest BCUT2D eigenvalue weighted by molar-refractivity contribution is 0.322. The monoisotopic (exact) mass is 217 g/mol. The van der Waals surface area contributed by atoms with Gasteiger partial charge in [-0.2, -0.15) is 0 Å². The second-order valence-electron chi connectivity index (χ2n) is 5.43. The summed E-state index contributed by atoms with van der Waals surface area (Å²) >= 11 is 0. The van der Waals surface area contributed by atoms with Gasteiger partial charge in [-0.05, 0) is 30.9 Å². The first-order valence-corrected chi connectivity index (χ1v) is 6.53. The Kier molecular flexibility index (Phi) is 3.65. The molecule has 1 aliphatic rings. The van der Waals surface area contributed by atoms with Crippen molar-refractivity contribution in [2.24, 2.45) is 5.92 Å². The second-order valence-corrected chi connectivity index (χ2v) is 5.43. The van der Waals surface area contributed by atoms with Gasteiger partial charge in [0.15, 0.2) is 0 Å². The van der Waals surface area contributed by atoms with Crippen LogP contribution in [0.2, 0.25) is 0 Å². The number of hydrogen-bond donors (Lipinski definition) is 1. The van der Waals surface area contributed by atoms with E-state index in [1.807, 2.05) is 0 Å². The third-order valence-electron chi connectivity index (χ3n) is 3.63. The fourth-order valence-electron chi connectivity index (χ4n) is 2.70. The quantitative estimate of drug-likeness (QED) is 0.811. The van der Waals surface area contributed by atoms with E-state index in [2.05, 4.69) is 49.5 Å². The summed E-state index contributed by atoms with van der Waals surface area (Å²) in [5.74, 6) is 0.723. The van der Waals surface area contributed by atoms with Crippen LogP contribution in [0.4, 0.5) is 0 Å². The van der Waals surface area contributed by atoms with Crippen LogP contribution in [0.5, 0.6) is 0 Å². The summed E-state index contributed by atoms with van der Waals surface area (Å²) in [5.41, 5.74) is 1.75. The van der Waals surface area contributed by atoms with Crippen LogP contribution in [0.3, 0.4) is 0 Å². The minimum absolute atomic E-state index is 0.269. The average Bonchev–Trinajstić information content (AvgIpc) is 2.78. The highest BCUT2D eigenvalue weighted by Crippen LogP contribution is 2.38. The molecule has 88 valence electrons. The van der Waals surface area contributed by atoms with Crippen molar-refractivity contribution in [3.8, 4) is 0 Å². The lowest BCUT2D eigenvalue weighted by Gasteiger charge is -2.32. The van der Waals surface area contributed by atoms with Crippen molar-refractivity contribution in [2.75, 3.05) is 6.54 Å². The molecule has 0 spiro atoms. The largest absolute Gasteiger partial charge is 0.307 e. The highest BCUT2D eigenvalue weighted by molar-refractivity contribution is 5.25. The van der Waals surface area contributed by atoms with E-state index in [9.17, 15) is 0 Å². The van der Waals surface area contributed by atoms with Crippen LogP contribution in [0, 0.1) is 5.92 Å². The topological polar surface area (TPSA) is 12.0 Å². The van der Waals surface area contributed by atoms with Crippen molar-refractivity contribution in [1.82, 2.24) is 5.32 Å². The first kappa shape index (κ1) is 11.7. The zero-order valence-electron chi connectivity index (χ0n) is 10.5. The predicted molar refractivity (Wildman–Crippen MR) is 69.4 cm³/mol. The second kappa shape index (κ2) is 5.01. The Hall–Kier alpha value is -0.820. The Morgan fingerprint density at radius 1 is 1.12 bits per heavy atom. The van der Waals surface area contributed by atoms with Crippen LogP contribution in [0.25, 0.3) is 0 Å². The molecule has 1 aromatic rings. The fraction of sp³-hybridized carbons (Fsp3) is 0.600. The molecule has 16 heavy (non-hydrogen) atoms. The molecule has 0 unspecified atom stereocenters. The molecular formula is C15H23N. The smallest absolute Gasteiger partial charge is 0.0434 e. The number of benzene rings is 1. The van der Waals surface area contributed by atoms with Gasteiger partial charge in [0.05, 0.1) is 0 Å². The molecule has 1 fully saturated rings. The van der Waals surface area contributed by atoms with E-state index in [4.69, 9.17) is 0 Å². The van der Waals surface area contributed by atoms with E-state index < -0.39 is 0 Å². The first-order chi connectivity index (χ1) is 7.73. The normalized spacial score (nSPS) is 19.2. The number of rotatable bonds is 4. The molecule has 0 aliphatic heterocycles. The van der Waals surface area contributed by atoms with E-state index >= 15 is 0 Å². The van der Waals surface area contributed by atoms with Gasteiger partial charge in [-0.25, -0.2) is 0 Å².